The van der Waals surface area contributed by atoms with E-state index in [2.05, 4.69) is 19.1 Å². The fourth-order valence-electron chi connectivity index (χ4n) is 5.09. The molecule has 2 saturated carbocycles. The molecule has 1 heterocycles. The van der Waals surface area contributed by atoms with Gasteiger partial charge >= 0.3 is 0 Å². The summed E-state index contributed by atoms with van der Waals surface area (Å²) < 4.78 is 0. The fraction of sp³-hybridized carbons (Fsp3) is 0.474. The number of amides is 2. The van der Waals surface area contributed by atoms with Crippen LogP contribution < -0.4 is 4.90 Å². The van der Waals surface area contributed by atoms with E-state index in [0.717, 1.165) is 12.1 Å². The maximum absolute atomic E-state index is 12.9. The summed E-state index contributed by atoms with van der Waals surface area (Å²) in [4.78, 5) is 27.3. The molecule has 22 heavy (non-hydrogen) atoms. The lowest BCUT2D eigenvalue weighted by molar-refractivity contribution is -0.124. The second-order valence-electron chi connectivity index (χ2n) is 7.19. The van der Waals surface area contributed by atoms with E-state index in [-0.39, 0.29) is 23.7 Å². The molecule has 3 heteroatoms. The quantitative estimate of drug-likeness (QED) is 0.621. The van der Waals surface area contributed by atoms with Crippen LogP contribution in [0.3, 0.4) is 0 Å². The summed E-state index contributed by atoms with van der Waals surface area (Å²) in [6.07, 6.45) is 6.61. The van der Waals surface area contributed by atoms with Crippen molar-refractivity contribution in [2.24, 2.45) is 35.5 Å². The minimum atomic E-state index is -0.0999. The lowest BCUT2D eigenvalue weighted by atomic mass is 9.63. The standard InChI is InChI=1S/C19H19NO2/c1-2-10-3-5-11(6-4-10)20-18(21)16-12-7-8-13(15-9-14(12)15)17(16)19(20)22/h3-8,12-17H,2,9H2,1H3/t12-,13-,14-,15+,16-,17+/m0/s1. The Morgan fingerprint density at radius 2 is 1.50 bits per heavy atom. The third-order valence-electron chi connectivity index (χ3n) is 6.27. The van der Waals surface area contributed by atoms with Crippen molar-refractivity contribution in [3.63, 3.8) is 0 Å². The smallest absolute Gasteiger partial charge is 0.238 e. The van der Waals surface area contributed by atoms with Crippen molar-refractivity contribution in [1.82, 2.24) is 0 Å². The van der Waals surface area contributed by atoms with E-state index >= 15 is 0 Å². The molecule has 6 atom stereocenters. The first-order valence-electron chi connectivity index (χ1n) is 8.35. The highest BCUT2D eigenvalue weighted by molar-refractivity contribution is 6.22. The molecule has 1 saturated heterocycles. The number of nitrogens with zero attached hydrogens (tertiary/aromatic N) is 1. The summed E-state index contributed by atoms with van der Waals surface area (Å²) in [5.41, 5.74) is 1.97. The van der Waals surface area contributed by atoms with Crippen LogP contribution in [0.1, 0.15) is 18.9 Å². The van der Waals surface area contributed by atoms with Crippen LogP contribution in [0, 0.1) is 35.5 Å². The molecule has 3 nitrogen and oxygen atoms in total. The molecule has 0 radical (unpaired) electrons. The van der Waals surface area contributed by atoms with Gasteiger partial charge in [-0.3, -0.25) is 14.5 Å². The van der Waals surface area contributed by atoms with E-state index in [1.807, 2.05) is 24.3 Å². The first-order chi connectivity index (χ1) is 10.7. The van der Waals surface area contributed by atoms with Crippen LogP contribution in [0.4, 0.5) is 5.69 Å². The van der Waals surface area contributed by atoms with Gasteiger partial charge in [0.15, 0.2) is 0 Å². The monoisotopic (exact) mass is 293 g/mol. The van der Waals surface area contributed by atoms with Crippen LogP contribution >= 0.6 is 0 Å². The predicted octanol–water partition coefficient (Wildman–Crippen LogP) is 2.81. The highest BCUT2D eigenvalue weighted by Crippen LogP contribution is 2.65. The second-order valence-corrected chi connectivity index (χ2v) is 7.19. The maximum atomic E-state index is 12.9. The average molecular weight is 293 g/mol. The largest absolute Gasteiger partial charge is 0.274 e. The molecule has 6 rings (SSSR count). The van der Waals surface area contributed by atoms with Crippen molar-refractivity contribution in [3.05, 3.63) is 42.0 Å². The summed E-state index contributed by atoms with van der Waals surface area (Å²) in [5.74, 6) is 1.79. The lowest BCUT2D eigenvalue weighted by Crippen LogP contribution is -2.40. The number of carbonyl (C=O) groups excluding carboxylic acids is 2. The Kier molecular flexibility index (Phi) is 2.35. The minimum absolute atomic E-state index is 0.0314. The number of imide groups is 1. The minimum Gasteiger partial charge on any atom is -0.274 e. The van der Waals surface area contributed by atoms with Crippen LogP contribution in [0.5, 0.6) is 0 Å². The van der Waals surface area contributed by atoms with E-state index in [4.69, 9.17) is 0 Å². The van der Waals surface area contributed by atoms with Crippen molar-refractivity contribution >= 4 is 17.5 Å². The Morgan fingerprint density at radius 3 is 2.00 bits per heavy atom. The summed E-state index contributed by atoms with van der Waals surface area (Å²) in [6, 6.07) is 7.87. The van der Waals surface area contributed by atoms with Gasteiger partial charge in [-0.2, -0.15) is 0 Å². The molecule has 2 amide bonds. The van der Waals surface area contributed by atoms with E-state index in [9.17, 15) is 9.59 Å². The average Bonchev–Trinajstić information content (AvgIpc) is 3.32. The van der Waals surface area contributed by atoms with Crippen molar-refractivity contribution in [3.8, 4) is 0 Å². The Morgan fingerprint density at radius 1 is 0.955 bits per heavy atom. The van der Waals surface area contributed by atoms with E-state index in [1.165, 1.54) is 16.9 Å². The number of rotatable bonds is 2. The summed E-state index contributed by atoms with van der Waals surface area (Å²) in [6.45, 7) is 2.10. The van der Waals surface area contributed by atoms with Gasteiger partial charge in [-0.1, -0.05) is 31.2 Å². The highest BCUT2D eigenvalue weighted by Gasteiger charge is 2.67. The summed E-state index contributed by atoms with van der Waals surface area (Å²) in [7, 11) is 0. The maximum Gasteiger partial charge on any atom is 0.238 e. The third-order valence-corrected chi connectivity index (χ3v) is 6.27. The molecular weight excluding hydrogens is 274 g/mol. The number of carbonyl (C=O) groups is 2. The van der Waals surface area contributed by atoms with Crippen LogP contribution in [0.2, 0.25) is 0 Å². The molecule has 0 unspecified atom stereocenters. The zero-order chi connectivity index (χ0) is 15.0. The molecular formula is C19H19NO2. The number of anilines is 1. The van der Waals surface area contributed by atoms with Crippen molar-refractivity contribution < 1.29 is 9.59 Å². The van der Waals surface area contributed by atoms with Gasteiger partial charge < -0.3 is 0 Å². The van der Waals surface area contributed by atoms with Gasteiger partial charge in [0.2, 0.25) is 11.8 Å². The third kappa shape index (κ3) is 1.42. The molecule has 2 bridgehead atoms. The number of allylic oxidation sites excluding steroid dienone is 2. The first-order valence-corrected chi connectivity index (χ1v) is 8.35. The SMILES string of the molecule is CCc1ccc(N2C(=O)[C@@H]3[C@H]4C=C[C@@H]([C@@H]5C[C@H]45)[C@@H]3C2=O)cc1. The normalized spacial score (nSPS) is 40.9. The number of hydrogen-bond acceptors (Lipinski definition) is 2. The molecule has 5 aliphatic rings. The van der Waals surface area contributed by atoms with Crippen LogP contribution in [-0.4, -0.2) is 11.8 Å². The van der Waals surface area contributed by atoms with Crippen LogP contribution in [0.25, 0.3) is 0 Å². The topological polar surface area (TPSA) is 37.4 Å². The Balaban J connectivity index is 1.54. The second kappa shape index (κ2) is 4.09. The van der Waals surface area contributed by atoms with Gasteiger partial charge in [0, 0.05) is 0 Å². The van der Waals surface area contributed by atoms with Crippen LogP contribution in [-0.2, 0) is 16.0 Å². The van der Waals surface area contributed by atoms with E-state index in [0.29, 0.717) is 23.7 Å². The van der Waals surface area contributed by atoms with E-state index < -0.39 is 0 Å². The van der Waals surface area contributed by atoms with Gasteiger partial charge in [0.25, 0.3) is 0 Å². The summed E-state index contributed by atoms with van der Waals surface area (Å²) in [5, 5.41) is 0. The van der Waals surface area contributed by atoms with Gasteiger partial charge in [-0.15, -0.1) is 0 Å². The number of hydrogen-bond donors (Lipinski definition) is 0. The first kappa shape index (κ1) is 12.6. The van der Waals surface area contributed by atoms with Crippen molar-refractivity contribution in [1.29, 1.82) is 0 Å². The predicted molar refractivity (Wildman–Crippen MR) is 83.0 cm³/mol. The lowest BCUT2D eigenvalue weighted by Gasteiger charge is -2.37. The molecule has 112 valence electrons. The zero-order valence-corrected chi connectivity index (χ0v) is 12.6. The molecule has 0 spiro atoms. The molecule has 3 fully saturated rings. The van der Waals surface area contributed by atoms with Crippen LogP contribution in [0.15, 0.2) is 36.4 Å². The molecule has 0 N–H and O–H groups in total. The highest BCUT2D eigenvalue weighted by atomic mass is 16.2. The van der Waals surface area contributed by atoms with Gasteiger partial charge in [-0.05, 0) is 54.2 Å². The van der Waals surface area contributed by atoms with E-state index in [1.54, 1.807) is 0 Å². The number of aryl methyl sites for hydroxylation is 1. The molecule has 1 aromatic carbocycles. The van der Waals surface area contributed by atoms with Gasteiger partial charge in [0.05, 0.1) is 17.5 Å². The Bertz CT molecular complexity index is 669. The zero-order valence-electron chi connectivity index (χ0n) is 12.6. The van der Waals surface area contributed by atoms with Gasteiger partial charge in [0.1, 0.15) is 0 Å². The van der Waals surface area contributed by atoms with Gasteiger partial charge in [-0.25, -0.2) is 0 Å². The van der Waals surface area contributed by atoms with Crippen molar-refractivity contribution in [2.75, 3.05) is 4.90 Å². The Hall–Kier alpha value is -1.90. The molecule has 1 aromatic rings. The molecule has 0 aromatic heterocycles. The summed E-state index contributed by atoms with van der Waals surface area (Å²) >= 11 is 0. The Labute approximate surface area is 130 Å². The fourth-order valence-corrected chi connectivity index (χ4v) is 5.09. The molecule has 4 aliphatic carbocycles. The number of benzene rings is 1. The molecule has 1 aliphatic heterocycles. The van der Waals surface area contributed by atoms with Crippen molar-refractivity contribution in [2.45, 2.75) is 19.8 Å².